The standard InChI is InChI=1S/C15H25FN4O3S/c1-18(2)11-5-10-17-15(21)12-20(24(22,23)19(3)4)14-8-6-13(16)7-9-14/h6-9H,5,10-12H2,1-4H3,(H,17,21). The molecule has 0 aromatic heterocycles. The van der Waals surface area contributed by atoms with Gasteiger partial charge in [-0.15, -0.1) is 0 Å². The second kappa shape index (κ2) is 8.95. The summed E-state index contributed by atoms with van der Waals surface area (Å²) in [4.78, 5) is 14.1. The molecular formula is C15H25FN4O3S. The number of amides is 1. The van der Waals surface area contributed by atoms with Crippen molar-refractivity contribution < 1.29 is 17.6 Å². The Morgan fingerprint density at radius 1 is 1.12 bits per heavy atom. The van der Waals surface area contributed by atoms with E-state index in [1.54, 1.807) is 0 Å². The van der Waals surface area contributed by atoms with E-state index in [1.165, 1.54) is 26.2 Å². The van der Waals surface area contributed by atoms with Crippen LogP contribution >= 0.6 is 0 Å². The van der Waals surface area contributed by atoms with Gasteiger partial charge in [0.2, 0.25) is 5.91 Å². The van der Waals surface area contributed by atoms with Crippen LogP contribution in [0.3, 0.4) is 0 Å². The molecule has 1 amide bonds. The topological polar surface area (TPSA) is 73.0 Å². The van der Waals surface area contributed by atoms with Gasteiger partial charge in [0.1, 0.15) is 12.4 Å². The molecule has 1 N–H and O–H groups in total. The van der Waals surface area contributed by atoms with E-state index in [9.17, 15) is 17.6 Å². The van der Waals surface area contributed by atoms with Crippen molar-refractivity contribution in [2.75, 3.05) is 52.1 Å². The number of hydrogen-bond donors (Lipinski definition) is 1. The van der Waals surface area contributed by atoms with Crippen LogP contribution in [0.2, 0.25) is 0 Å². The second-order valence-corrected chi connectivity index (χ2v) is 7.85. The van der Waals surface area contributed by atoms with Gasteiger partial charge >= 0.3 is 10.2 Å². The first kappa shape index (κ1) is 20.3. The zero-order valence-electron chi connectivity index (χ0n) is 14.5. The number of carbonyl (C=O) groups excluding carboxylic acids is 1. The lowest BCUT2D eigenvalue weighted by molar-refractivity contribution is -0.119. The van der Waals surface area contributed by atoms with Crippen molar-refractivity contribution in [1.82, 2.24) is 14.5 Å². The molecule has 1 rings (SSSR count). The Kier molecular flexibility index (Phi) is 7.59. The monoisotopic (exact) mass is 360 g/mol. The third-order valence-corrected chi connectivity index (χ3v) is 5.07. The summed E-state index contributed by atoms with van der Waals surface area (Å²) in [5.74, 6) is -0.891. The molecule has 0 saturated heterocycles. The largest absolute Gasteiger partial charge is 0.354 e. The smallest absolute Gasteiger partial charge is 0.304 e. The number of hydrogen-bond acceptors (Lipinski definition) is 4. The zero-order chi connectivity index (χ0) is 18.3. The van der Waals surface area contributed by atoms with Gasteiger partial charge in [-0.3, -0.25) is 4.79 Å². The fourth-order valence-corrected chi connectivity index (χ4v) is 2.98. The van der Waals surface area contributed by atoms with E-state index >= 15 is 0 Å². The first-order valence-corrected chi connectivity index (χ1v) is 8.91. The van der Waals surface area contributed by atoms with Crippen LogP contribution in [0.25, 0.3) is 0 Å². The Hall–Kier alpha value is -1.71. The van der Waals surface area contributed by atoms with E-state index in [0.717, 1.165) is 33.7 Å². The number of halogens is 1. The summed E-state index contributed by atoms with van der Waals surface area (Å²) in [6.45, 7) is 0.905. The van der Waals surface area contributed by atoms with E-state index in [-0.39, 0.29) is 12.2 Å². The van der Waals surface area contributed by atoms with E-state index in [1.807, 2.05) is 19.0 Å². The van der Waals surface area contributed by atoms with Gasteiger partial charge in [0.25, 0.3) is 0 Å². The Bertz CT molecular complexity index is 633. The molecule has 0 bridgehead atoms. The Labute approximate surface area is 143 Å². The predicted molar refractivity (Wildman–Crippen MR) is 92.5 cm³/mol. The predicted octanol–water partition coefficient (Wildman–Crippen LogP) is 0.506. The van der Waals surface area contributed by atoms with Gasteiger partial charge in [-0.25, -0.2) is 8.70 Å². The van der Waals surface area contributed by atoms with Gasteiger partial charge < -0.3 is 10.2 Å². The quantitative estimate of drug-likeness (QED) is 0.651. The number of rotatable bonds is 9. The van der Waals surface area contributed by atoms with Crippen LogP contribution in [0.1, 0.15) is 6.42 Å². The number of carbonyl (C=O) groups is 1. The average molecular weight is 360 g/mol. The molecule has 7 nitrogen and oxygen atoms in total. The lowest BCUT2D eigenvalue weighted by Gasteiger charge is -2.27. The molecule has 0 heterocycles. The molecule has 0 saturated carbocycles. The van der Waals surface area contributed by atoms with Gasteiger partial charge in [0.05, 0.1) is 5.69 Å². The lowest BCUT2D eigenvalue weighted by Crippen LogP contribution is -2.46. The second-order valence-electron chi connectivity index (χ2n) is 5.78. The molecule has 0 fully saturated rings. The summed E-state index contributed by atoms with van der Waals surface area (Å²) in [5.41, 5.74) is 0.230. The molecular weight excluding hydrogens is 335 g/mol. The van der Waals surface area contributed by atoms with Crippen molar-refractivity contribution in [3.8, 4) is 0 Å². The number of anilines is 1. The Morgan fingerprint density at radius 3 is 2.21 bits per heavy atom. The van der Waals surface area contributed by atoms with Crippen molar-refractivity contribution in [3.63, 3.8) is 0 Å². The van der Waals surface area contributed by atoms with Gasteiger partial charge in [-0.1, -0.05) is 0 Å². The fourth-order valence-electron chi connectivity index (χ4n) is 1.92. The Balaban J connectivity index is 2.83. The molecule has 0 aliphatic rings. The van der Waals surface area contributed by atoms with Crippen molar-refractivity contribution in [3.05, 3.63) is 30.1 Å². The van der Waals surface area contributed by atoms with E-state index in [2.05, 4.69) is 5.32 Å². The third-order valence-electron chi connectivity index (χ3n) is 3.25. The molecule has 0 unspecified atom stereocenters. The molecule has 0 aliphatic heterocycles. The summed E-state index contributed by atoms with van der Waals surface area (Å²) in [5, 5.41) is 2.70. The first-order chi connectivity index (χ1) is 11.1. The summed E-state index contributed by atoms with van der Waals surface area (Å²) < 4.78 is 39.9. The maximum Gasteiger partial charge on any atom is 0.304 e. The zero-order valence-corrected chi connectivity index (χ0v) is 15.3. The van der Waals surface area contributed by atoms with Crippen LogP contribution in [0.15, 0.2) is 24.3 Å². The van der Waals surface area contributed by atoms with Crippen molar-refractivity contribution in [2.24, 2.45) is 0 Å². The number of nitrogens with one attached hydrogen (secondary N) is 1. The van der Waals surface area contributed by atoms with E-state index < -0.39 is 21.9 Å². The minimum absolute atomic E-state index is 0.230. The molecule has 1 aromatic carbocycles. The van der Waals surface area contributed by atoms with E-state index in [0.29, 0.717) is 6.54 Å². The molecule has 0 radical (unpaired) electrons. The molecule has 1 aromatic rings. The third kappa shape index (κ3) is 6.06. The molecule has 136 valence electrons. The summed E-state index contributed by atoms with van der Waals surface area (Å²) in [6, 6.07) is 4.97. The molecule has 0 aliphatic carbocycles. The highest BCUT2D eigenvalue weighted by Gasteiger charge is 2.27. The summed E-state index contributed by atoms with van der Waals surface area (Å²) >= 11 is 0. The van der Waals surface area contributed by atoms with Crippen LogP contribution in [-0.2, 0) is 15.0 Å². The van der Waals surface area contributed by atoms with Gasteiger partial charge in [-0.2, -0.15) is 12.7 Å². The molecule has 9 heteroatoms. The van der Waals surface area contributed by atoms with Crippen LogP contribution in [0.5, 0.6) is 0 Å². The number of nitrogens with zero attached hydrogens (tertiary/aromatic N) is 3. The first-order valence-electron chi connectivity index (χ1n) is 7.51. The Morgan fingerprint density at radius 2 is 1.71 bits per heavy atom. The molecule has 0 atom stereocenters. The molecule has 24 heavy (non-hydrogen) atoms. The SMILES string of the molecule is CN(C)CCCNC(=O)CN(c1ccc(F)cc1)S(=O)(=O)N(C)C. The van der Waals surface area contributed by atoms with Crippen molar-refractivity contribution >= 4 is 21.8 Å². The van der Waals surface area contributed by atoms with E-state index in [4.69, 9.17) is 0 Å². The van der Waals surface area contributed by atoms with Crippen molar-refractivity contribution in [2.45, 2.75) is 6.42 Å². The van der Waals surface area contributed by atoms with Gasteiger partial charge in [0.15, 0.2) is 0 Å². The summed E-state index contributed by atoms with van der Waals surface area (Å²) in [6.07, 6.45) is 0.760. The van der Waals surface area contributed by atoms with Crippen LogP contribution in [0, 0.1) is 5.82 Å². The van der Waals surface area contributed by atoms with Gasteiger partial charge in [0, 0.05) is 20.6 Å². The highest BCUT2D eigenvalue weighted by atomic mass is 32.2. The van der Waals surface area contributed by atoms with Crippen LogP contribution in [-0.4, -0.2) is 71.4 Å². The van der Waals surface area contributed by atoms with Crippen LogP contribution < -0.4 is 9.62 Å². The average Bonchev–Trinajstić information content (AvgIpc) is 2.50. The highest BCUT2D eigenvalue weighted by Crippen LogP contribution is 2.19. The van der Waals surface area contributed by atoms with Crippen LogP contribution in [0.4, 0.5) is 10.1 Å². The highest BCUT2D eigenvalue weighted by molar-refractivity contribution is 7.90. The maximum atomic E-state index is 13.1. The van der Waals surface area contributed by atoms with Crippen molar-refractivity contribution in [1.29, 1.82) is 0 Å². The minimum atomic E-state index is -3.87. The lowest BCUT2D eigenvalue weighted by atomic mass is 10.3. The van der Waals surface area contributed by atoms with Gasteiger partial charge in [-0.05, 0) is 51.3 Å². The molecule has 0 spiro atoms. The number of benzene rings is 1. The maximum absolute atomic E-state index is 13.1. The summed E-state index contributed by atoms with van der Waals surface area (Å²) in [7, 11) is 2.75. The minimum Gasteiger partial charge on any atom is -0.354 e. The fraction of sp³-hybridized carbons (Fsp3) is 0.533. The normalized spacial score (nSPS) is 11.8.